The van der Waals surface area contributed by atoms with Gasteiger partial charge < -0.3 is 9.84 Å². The van der Waals surface area contributed by atoms with Gasteiger partial charge in [0.2, 0.25) is 0 Å². The molecular formula is C12H18O4. The fourth-order valence-electron chi connectivity index (χ4n) is 1.77. The summed E-state index contributed by atoms with van der Waals surface area (Å²) in [6, 6.07) is 0. The van der Waals surface area contributed by atoms with Crippen LogP contribution in [0.15, 0.2) is 12.2 Å². The van der Waals surface area contributed by atoms with E-state index in [9.17, 15) is 9.59 Å². The summed E-state index contributed by atoms with van der Waals surface area (Å²) in [5.74, 6) is -2.55. The molecule has 0 amide bonds. The highest BCUT2D eigenvalue weighted by molar-refractivity contribution is 5.83. The molecule has 0 saturated heterocycles. The summed E-state index contributed by atoms with van der Waals surface area (Å²) < 4.78 is 5.05. The van der Waals surface area contributed by atoms with Crippen molar-refractivity contribution in [3.8, 4) is 0 Å². The number of carboxylic acid groups (broad SMARTS) is 1. The zero-order chi connectivity index (χ0) is 12.0. The number of carboxylic acids is 1. The van der Waals surface area contributed by atoms with E-state index in [1.165, 1.54) is 0 Å². The second-order valence-electron chi connectivity index (χ2n) is 4.00. The van der Waals surface area contributed by atoms with Gasteiger partial charge in [0.15, 0.2) is 0 Å². The third-order valence-electron chi connectivity index (χ3n) is 2.75. The van der Waals surface area contributed by atoms with Crippen molar-refractivity contribution in [1.82, 2.24) is 0 Å². The Hall–Kier alpha value is -1.32. The lowest BCUT2D eigenvalue weighted by Gasteiger charge is -2.22. The molecule has 0 aliphatic heterocycles. The highest BCUT2D eigenvalue weighted by Crippen LogP contribution is 2.26. The predicted molar refractivity (Wildman–Crippen MR) is 58.9 cm³/mol. The molecule has 0 aromatic rings. The van der Waals surface area contributed by atoms with E-state index >= 15 is 0 Å². The number of aliphatic carboxylic acids is 1. The Morgan fingerprint density at radius 2 is 2.25 bits per heavy atom. The van der Waals surface area contributed by atoms with Gasteiger partial charge in [-0.05, 0) is 19.3 Å². The zero-order valence-corrected chi connectivity index (χ0v) is 9.52. The van der Waals surface area contributed by atoms with Gasteiger partial charge in [0, 0.05) is 0 Å². The Balaban J connectivity index is 2.54. The third kappa shape index (κ3) is 3.36. The topological polar surface area (TPSA) is 63.6 Å². The van der Waals surface area contributed by atoms with Crippen LogP contribution in [0.2, 0.25) is 0 Å². The van der Waals surface area contributed by atoms with E-state index < -0.39 is 23.8 Å². The van der Waals surface area contributed by atoms with Crippen molar-refractivity contribution in [1.29, 1.82) is 0 Å². The highest BCUT2D eigenvalue weighted by atomic mass is 16.5. The van der Waals surface area contributed by atoms with Crippen molar-refractivity contribution in [2.75, 3.05) is 6.61 Å². The minimum absolute atomic E-state index is 0.381. The second kappa shape index (κ2) is 6.30. The number of rotatable bonds is 5. The summed E-state index contributed by atoms with van der Waals surface area (Å²) >= 11 is 0. The Kier molecular flexibility index (Phi) is 5.02. The number of carbonyl (C=O) groups is 2. The molecule has 1 aliphatic rings. The van der Waals surface area contributed by atoms with E-state index in [0.717, 1.165) is 19.3 Å². The molecule has 16 heavy (non-hydrogen) atoms. The van der Waals surface area contributed by atoms with E-state index in [1.54, 1.807) is 6.08 Å². The SMILES string of the molecule is CCCCOC(=O)C1C=CCCC1C(=O)O. The van der Waals surface area contributed by atoms with Crippen LogP contribution >= 0.6 is 0 Å². The van der Waals surface area contributed by atoms with Gasteiger partial charge in [-0.2, -0.15) is 0 Å². The van der Waals surface area contributed by atoms with Crippen LogP contribution in [0.5, 0.6) is 0 Å². The molecule has 2 atom stereocenters. The van der Waals surface area contributed by atoms with E-state index in [2.05, 4.69) is 0 Å². The number of hydrogen-bond acceptors (Lipinski definition) is 3. The molecule has 0 aromatic carbocycles. The van der Waals surface area contributed by atoms with E-state index in [4.69, 9.17) is 9.84 Å². The zero-order valence-electron chi connectivity index (χ0n) is 9.52. The molecule has 0 fully saturated rings. The molecule has 0 bridgehead atoms. The second-order valence-corrected chi connectivity index (χ2v) is 4.00. The third-order valence-corrected chi connectivity index (χ3v) is 2.75. The molecule has 1 aliphatic carbocycles. The van der Waals surface area contributed by atoms with Crippen molar-refractivity contribution in [3.63, 3.8) is 0 Å². The largest absolute Gasteiger partial charge is 0.481 e. The maximum Gasteiger partial charge on any atom is 0.313 e. The van der Waals surface area contributed by atoms with Crippen molar-refractivity contribution < 1.29 is 19.4 Å². The minimum Gasteiger partial charge on any atom is -0.481 e. The average molecular weight is 226 g/mol. The summed E-state index contributed by atoms with van der Waals surface area (Å²) in [6.45, 7) is 2.39. The van der Waals surface area contributed by atoms with Gasteiger partial charge in [0.1, 0.15) is 0 Å². The van der Waals surface area contributed by atoms with Crippen molar-refractivity contribution in [2.45, 2.75) is 32.6 Å². The lowest BCUT2D eigenvalue weighted by atomic mass is 9.84. The maximum atomic E-state index is 11.7. The van der Waals surface area contributed by atoms with Gasteiger partial charge in [-0.1, -0.05) is 25.5 Å². The van der Waals surface area contributed by atoms with Gasteiger partial charge in [-0.15, -0.1) is 0 Å². The molecule has 90 valence electrons. The van der Waals surface area contributed by atoms with Gasteiger partial charge in [-0.3, -0.25) is 9.59 Å². The van der Waals surface area contributed by atoms with Crippen LogP contribution in [0.25, 0.3) is 0 Å². The average Bonchev–Trinajstić information content (AvgIpc) is 2.29. The van der Waals surface area contributed by atoms with Gasteiger partial charge in [0.25, 0.3) is 0 Å². The van der Waals surface area contributed by atoms with Crippen LogP contribution in [-0.2, 0) is 14.3 Å². The summed E-state index contributed by atoms with van der Waals surface area (Å²) in [7, 11) is 0. The number of unbranched alkanes of at least 4 members (excludes halogenated alkanes) is 1. The Morgan fingerprint density at radius 3 is 2.88 bits per heavy atom. The first kappa shape index (κ1) is 12.7. The molecule has 1 N–H and O–H groups in total. The highest BCUT2D eigenvalue weighted by Gasteiger charge is 2.34. The van der Waals surface area contributed by atoms with Crippen LogP contribution in [0.4, 0.5) is 0 Å². The smallest absolute Gasteiger partial charge is 0.313 e. The fourth-order valence-corrected chi connectivity index (χ4v) is 1.77. The molecule has 0 spiro atoms. The first-order chi connectivity index (χ1) is 7.66. The molecular weight excluding hydrogens is 208 g/mol. The molecule has 4 heteroatoms. The maximum absolute atomic E-state index is 11.7. The molecule has 0 aromatic heterocycles. The normalized spacial score (nSPS) is 24.1. The first-order valence-electron chi connectivity index (χ1n) is 5.73. The lowest BCUT2D eigenvalue weighted by molar-refractivity contribution is -0.156. The van der Waals surface area contributed by atoms with Gasteiger partial charge >= 0.3 is 11.9 Å². The summed E-state index contributed by atoms with van der Waals surface area (Å²) in [4.78, 5) is 22.6. The van der Waals surface area contributed by atoms with E-state index in [1.807, 2.05) is 13.0 Å². The van der Waals surface area contributed by atoms with E-state index in [-0.39, 0.29) is 0 Å². The number of carbonyl (C=O) groups excluding carboxylic acids is 1. The number of esters is 1. The number of allylic oxidation sites excluding steroid dienone is 1. The number of hydrogen-bond donors (Lipinski definition) is 1. The van der Waals surface area contributed by atoms with Gasteiger partial charge in [0.05, 0.1) is 18.4 Å². The standard InChI is InChI=1S/C12H18O4/c1-2-3-8-16-12(15)10-7-5-4-6-9(10)11(13)14/h5,7,9-10H,2-4,6,8H2,1H3,(H,13,14). The Labute approximate surface area is 95.3 Å². The quantitative estimate of drug-likeness (QED) is 0.442. The van der Waals surface area contributed by atoms with Crippen LogP contribution < -0.4 is 0 Å². The monoisotopic (exact) mass is 226 g/mol. The van der Waals surface area contributed by atoms with Crippen molar-refractivity contribution in [3.05, 3.63) is 12.2 Å². The minimum atomic E-state index is -0.915. The fraction of sp³-hybridized carbons (Fsp3) is 0.667. The van der Waals surface area contributed by atoms with Crippen LogP contribution in [0.1, 0.15) is 32.6 Å². The Bertz CT molecular complexity index is 283. The first-order valence-corrected chi connectivity index (χ1v) is 5.73. The van der Waals surface area contributed by atoms with Crippen molar-refractivity contribution in [2.24, 2.45) is 11.8 Å². The molecule has 4 nitrogen and oxygen atoms in total. The van der Waals surface area contributed by atoms with Crippen LogP contribution in [-0.4, -0.2) is 23.7 Å². The predicted octanol–water partition coefficient (Wildman–Crippen LogP) is 2.00. The van der Waals surface area contributed by atoms with Crippen LogP contribution in [0.3, 0.4) is 0 Å². The molecule has 0 heterocycles. The molecule has 2 unspecified atom stereocenters. The van der Waals surface area contributed by atoms with E-state index in [0.29, 0.717) is 13.0 Å². The molecule has 1 rings (SSSR count). The number of ether oxygens (including phenoxy) is 1. The Morgan fingerprint density at radius 1 is 1.50 bits per heavy atom. The summed E-state index contributed by atoms with van der Waals surface area (Å²) in [5.41, 5.74) is 0. The molecule has 0 radical (unpaired) electrons. The van der Waals surface area contributed by atoms with Crippen LogP contribution in [0, 0.1) is 11.8 Å². The van der Waals surface area contributed by atoms with Gasteiger partial charge in [-0.25, -0.2) is 0 Å². The summed E-state index contributed by atoms with van der Waals surface area (Å²) in [6.07, 6.45) is 6.52. The lowest BCUT2D eigenvalue weighted by Crippen LogP contribution is -2.31. The molecule has 0 saturated carbocycles. The van der Waals surface area contributed by atoms with Crippen molar-refractivity contribution >= 4 is 11.9 Å². The summed E-state index contributed by atoms with van der Waals surface area (Å²) in [5, 5.41) is 8.99.